The van der Waals surface area contributed by atoms with Crippen molar-refractivity contribution < 1.29 is 14.3 Å². The number of carbonyl (C=O) groups excluding carboxylic acids is 1. The van der Waals surface area contributed by atoms with E-state index in [1.165, 1.54) is 0 Å². The summed E-state index contributed by atoms with van der Waals surface area (Å²) >= 11 is 0. The molecule has 5 nitrogen and oxygen atoms in total. The van der Waals surface area contributed by atoms with E-state index in [1.54, 1.807) is 25.3 Å². The first-order valence-electron chi connectivity index (χ1n) is 6.47. The fraction of sp³-hybridized carbons (Fsp3) is 0.333. The van der Waals surface area contributed by atoms with Crippen molar-refractivity contribution in [3.8, 4) is 11.5 Å². The summed E-state index contributed by atoms with van der Waals surface area (Å²) in [6.45, 7) is 5.12. The molecular formula is C15H18N2O3. The van der Waals surface area contributed by atoms with Gasteiger partial charge in [-0.1, -0.05) is 0 Å². The highest BCUT2D eigenvalue weighted by Crippen LogP contribution is 2.24. The first kappa shape index (κ1) is 14.1. The number of hydrogen-bond donors (Lipinski definition) is 0. The summed E-state index contributed by atoms with van der Waals surface area (Å²) in [5, 5.41) is 4.36. The second-order valence-electron chi connectivity index (χ2n) is 4.40. The van der Waals surface area contributed by atoms with Gasteiger partial charge in [0.2, 0.25) is 0 Å². The Hall–Kier alpha value is -2.30. The van der Waals surface area contributed by atoms with Gasteiger partial charge < -0.3 is 9.47 Å². The SMILES string of the molecule is CCn1nc(C)cc1COc1cc(OC)ccc1C=O. The zero-order valence-corrected chi connectivity index (χ0v) is 11.9. The minimum Gasteiger partial charge on any atom is -0.497 e. The number of hydrogen-bond acceptors (Lipinski definition) is 4. The molecule has 1 heterocycles. The third-order valence-electron chi connectivity index (χ3n) is 3.01. The topological polar surface area (TPSA) is 53.4 Å². The summed E-state index contributed by atoms with van der Waals surface area (Å²) in [4.78, 5) is 11.0. The molecule has 0 amide bonds. The molecule has 0 N–H and O–H groups in total. The van der Waals surface area contributed by atoms with Gasteiger partial charge in [-0.25, -0.2) is 0 Å². The highest BCUT2D eigenvalue weighted by atomic mass is 16.5. The monoisotopic (exact) mass is 274 g/mol. The summed E-state index contributed by atoms with van der Waals surface area (Å²) in [5.74, 6) is 1.17. The van der Waals surface area contributed by atoms with Crippen molar-refractivity contribution >= 4 is 6.29 Å². The van der Waals surface area contributed by atoms with Gasteiger partial charge in [0.25, 0.3) is 0 Å². The van der Waals surface area contributed by atoms with E-state index in [0.717, 1.165) is 24.2 Å². The summed E-state index contributed by atoms with van der Waals surface area (Å²) < 4.78 is 12.8. The van der Waals surface area contributed by atoms with Crippen LogP contribution in [-0.2, 0) is 13.2 Å². The highest BCUT2D eigenvalue weighted by Gasteiger charge is 2.08. The van der Waals surface area contributed by atoms with Crippen LogP contribution in [0.4, 0.5) is 0 Å². The van der Waals surface area contributed by atoms with Crippen molar-refractivity contribution in [2.45, 2.75) is 27.0 Å². The number of methoxy groups -OCH3 is 1. The van der Waals surface area contributed by atoms with Gasteiger partial charge in [-0.15, -0.1) is 0 Å². The third-order valence-corrected chi connectivity index (χ3v) is 3.01. The van der Waals surface area contributed by atoms with Crippen LogP contribution < -0.4 is 9.47 Å². The maximum Gasteiger partial charge on any atom is 0.153 e. The molecular weight excluding hydrogens is 256 g/mol. The molecule has 2 rings (SSSR count). The second kappa shape index (κ2) is 6.23. The largest absolute Gasteiger partial charge is 0.497 e. The average molecular weight is 274 g/mol. The molecule has 0 saturated carbocycles. The molecule has 0 spiro atoms. The molecule has 0 radical (unpaired) electrons. The van der Waals surface area contributed by atoms with Crippen LogP contribution in [0.25, 0.3) is 0 Å². The van der Waals surface area contributed by atoms with Crippen molar-refractivity contribution in [2.24, 2.45) is 0 Å². The van der Waals surface area contributed by atoms with Crippen molar-refractivity contribution in [1.82, 2.24) is 9.78 Å². The van der Waals surface area contributed by atoms with E-state index in [2.05, 4.69) is 5.10 Å². The predicted molar refractivity (Wildman–Crippen MR) is 75.4 cm³/mol. The average Bonchev–Trinajstić information content (AvgIpc) is 2.84. The standard InChI is InChI=1S/C15H18N2O3/c1-4-17-13(7-11(2)16-17)10-20-15-8-14(19-3)6-5-12(15)9-18/h5-9H,4,10H2,1-3H3. The lowest BCUT2D eigenvalue weighted by Crippen LogP contribution is -2.07. The zero-order chi connectivity index (χ0) is 14.5. The number of carbonyl (C=O) groups is 1. The molecule has 20 heavy (non-hydrogen) atoms. The molecule has 0 fully saturated rings. The second-order valence-corrected chi connectivity index (χ2v) is 4.40. The molecule has 0 aliphatic heterocycles. The smallest absolute Gasteiger partial charge is 0.153 e. The van der Waals surface area contributed by atoms with Crippen LogP contribution in [0.2, 0.25) is 0 Å². The van der Waals surface area contributed by atoms with Gasteiger partial charge >= 0.3 is 0 Å². The Morgan fingerprint density at radius 2 is 2.15 bits per heavy atom. The highest BCUT2D eigenvalue weighted by molar-refractivity contribution is 5.79. The number of aryl methyl sites for hydroxylation is 2. The van der Waals surface area contributed by atoms with Crippen molar-refractivity contribution in [3.63, 3.8) is 0 Å². The Labute approximate surface area is 118 Å². The third kappa shape index (κ3) is 2.99. The van der Waals surface area contributed by atoms with Crippen LogP contribution in [-0.4, -0.2) is 23.2 Å². The Morgan fingerprint density at radius 3 is 2.80 bits per heavy atom. The molecule has 0 bridgehead atoms. The first-order chi connectivity index (χ1) is 9.67. The van der Waals surface area contributed by atoms with Crippen LogP contribution in [0, 0.1) is 6.92 Å². The molecule has 0 aliphatic carbocycles. The number of aldehydes is 1. The molecule has 1 aromatic heterocycles. The molecule has 0 aliphatic rings. The van der Waals surface area contributed by atoms with Gasteiger partial charge in [-0.05, 0) is 32.0 Å². The van der Waals surface area contributed by atoms with E-state index in [9.17, 15) is 4.79 Å². The van der Waals surface area contributed by atoms with E-state index in [-0.39, 0.29) is 0 Å². The van der Waals surface area contributed by atoms with Gasteiger partial charge in [0.05, 0.1) is 24.1 Å². The summed E-state index contributed by atoms with van der Waals surface area (Å²) in [5.41, 5.74) is 2.43. The van der Waals surface area contributed by atoms with E-state index >= 15 is 0 Å². The Kier molecular flexibility index (Phi) is 4.40. The Morgan fingerprint density at radius 1 is 1.35 bits per heavy atom. The molecule has 0 saturated heterocycles. The molecule has 106 valence electrons. The van der Waals surface area contributed by atoms with Crippen LogP contribution in [0.1, 0.15) is 28.7 Å². The van der Waals surface area contributed by atoms with Crippen LogP contribution in [0.15, 0.2) is 24.3 Å². The molecule has 1 aromatic carbocycles. The van der Waals surface area contributed by atoms with Gasteiger partial charge in [-0.3, -0.25) is 9.48 Å². The number of rotatable bonds is 6. The van der Waals surface area contributed by atoms with Gasteiger partial charge in [0, 0.05) is 12.6 Å². The maximum atomic E-state index is 11.0. The van der Waals surface area contributed by atoms with Gasteiger partial charge in [-0.2, -0.15) is 5.10 Å². The minimum absolute atomic E-state index is 0.364. The molecule has 2 aromatic rings. The van der Waals surface area contributed by atoms with E-state index in [0.29, 0.717) is 23.7 Å². The summed E-state index contributed by atoms with van der Waals surface area (Å²) in [7, 11) is 1.58. The van der Waals surface area contributed by atoms with Crippen molar-refractivity contribution in [2.75, 3.05) is 7.11 Å². The van der Waals surface area contributed by atoms with E-state index in [4.69, 9.17) is 9.47 Å². The lowest BCUT2D eigenvalue weighted by molar-refractivity contribution is 0.111. The molecule has 5 heteroatoms. The maximum absolute atomic E-state index is 11.0. The Balaban J connectivity index is 2.19. The van der Waals surface area contributed by atoms with E-state index < -0.39 is 0 Å². The molecule has 0 atom stereocenters. The van der Waals surface area contributed by atoms with Gasteiger partial charge in [0.15, 0.2) is 6.29 Å². The van der Waals surface area contributed by atoms with Crippen LogP contribution in [0.3, 0.4) is 0 Å². The number of ether oxygens (including phenoxy) is 2. The van der Waals surface area contributed by atoms with Crippen LogP contribution in [0.5, 0.6) is 11.5 Å². The number of aromatic nitrogens is 2. The Bertz CT molecular complexity index is 605. The van der Waals surface area contributed by atoms with E-state index in [1.807, 2.05) is 24.6 Å². The van der Waals surface area contributed by atoms with Crippen LogP contribution >= 0.6 is 0 Å². The first-order valence-corrected chi connectivity index (χ1v) is 6.47. The molecule has 0 unspecified atom stereocenters. The van der Waals surface area contributed by atoms with Crippen molar-refractivity contribution in [3.05, 3.63) is 41.2 Å². The lowest BCUT2D eigenvalue weighted by atomic mass is 10.2. The van der Waals surface area contributed by atoms with Gasteiger partial charge in [0.1, 0.15) is 18.1 Å². The normalized spacial score (nSPS) is 10.3. The fourth-order valence-electron chi connectivity index (χ4n) is 2.00. The quantitative estimate of drug-likeness (QED) is 0.760. The lowest BCUT2D eigenvalue weighted by Gasteiger charge is -2.10. The number of benzene rings is 1. The summed E-state index contributed by atoms with van der Waals surface area (Å²) in [6.07, 6.45) is 0.775. The van der Waals surface area contributed by atoms with Crippen molar-refractivity contribution in [1.29, 1.82) is 0 Å². The number of nitrogens with zero attached hydrogens (tertiary/aromatic N) is 2. The summed E-state index contributed by atoms with van der Waals surface area (Å²) in [6, 6.07) is 7.11. The fourth-order valence-corrected chi connectivity index (χ4v) is 2.00. The minimum atomic E-state index is 0.364. The zero-order valence-electron chi connectivity index (χ0n) is 11.9. The predicted octanol–water partition coefficient (Wildman–Crippen LogP) is 2.61.